The third-order valence-electron chi connectivity index (χ3n) is 4.10. The van der Waals surface area contributed by atoms with Gasteiger partial charge in [-0.1, -0.05) is 26.7 Å². The van der Waals surface area contributed by atoms with Crippen LogP contribution in [0.2, 0.25) is 0 Å². The first kappa shape index (κ1) is 15.3. The Labute approximate surface area is 125 Å². The Kier molecular flexibility index (Phi) is 4.77. The number of tetrazole rings is 1. The monoisotopic (exact) mass is 289 g/mol. The van der Waals surface area contributed by atoms with Gasteiger partial charge in [-0.15, -0.1) is 5.10 Å². The number of anilines is 1. The van der Waals surface area contributed by atoms with Crippen LogP contribution in [0.1, 0.15) is 39.7 Å². The first-order valence-electron chi connectivity index (χ1n) is 7.34. The van der Waals surface area contributed by atoms with Gasteiger partial charge in [0.05, 0.1) is 18.8 Å². The molecule has 0 spiro atoms. The molecule has 1 aromatic heterocycles. The second-order valence-electron chi connectivity index (χ2n) is 5.22. The number of benzene rings is 1. The Hall–Kier alpha value is -2.11. The molecule has 2 rings (SSSR count). The molecule has 0 aliphatic carbocycles. The van der Waals surface area contributed by atoms with E-state index in [0.29, 0.717) is 17.4 Å². The molecule has 0 fully saturated rings. The number of methoxy groups -OCH3 is 1. The van der Waals surface area contributed by atoms with Crippen LogP contribution in [0, 0.1) is 5.92 Å². The number of hydrogen-bond acceptors (Lipinski definition) is 5. The maximum absolute atomic E-state index is 5.97. The Morgan fingerprint density at radius 1 is 1.29 bits per heavy atom. The first-order valence-corrected chi connectivity index (χ1v) is 7.34. The van der Waals surface area contributed by atoms with Crippen molar-refractivity contribution < 1.29 is 4.74 Å². The smallest absolute Gasteiger partial charge is 0.182 e. The van der Waals surface area contributed by atoms with Crippen molar-refractivity contribution in [2.24, 2.45) is 5.92 Å². The zero-order valence-electron chi connectivity index (χ0n) is 13.1. The fraction of sp³-hybridized carbons (Fsp3) is 0.533. The molecule has 2 aromatic rings. The van der Waals surface area contributed by atoms with E-state index in [-0.39, 0.29) is 6.04 Å². The molecule has 0 amide bonds. The minimum absolute atomic E-state index is 0.244. The summed E-state index contributed by atoms with van der Waals surface area (Å²) in [5, 5.41) is 12.2. The molecule has 0 aliphatic rings. The van der Waals surface area contributed by atoms with E-state index in [2.05, 4.69) is 36.3 Å². The van der Waals surface area contributed by atoms with Crippen LogP contribution in [-0.4, -0.2) is 27.3 Å². The van der Waals surface area contributed by atoms with Crippen molar-refractivity contribution in [3.8, 4) is 17.1 Å². The molecule has 0 bridgehead atoms. The summed E-state index contributed by atoms with van der Waals surface area (Å²) in [6.45, 7) is 6.55. The third kappa shape index (κ3) is 2.99. The maximum Gasteiger partial charge on any atom is 0.182 e. The SMILES string of the molecule is CCC(CC)C(C)n1nnnc1-c1ccc(OC)c(N)c1. The largest absolute Gasteiger partial charge is 0.495 e. The fourth-order valence-electron chi connectivity index (χ4n) is 2.70. The molecule has 0 radical (unpaired) electrons. The molecule has 6 nitrogen and oxygen atoms in total. The molecule has 6 heteroatoms. The molecule has 2 N–H and O–H groups in total. The number of nitrogens with zero attached hydrogens (tertiary/aromatic N) is 4. The highest BCUT2D eigenvalue weighted by Crippen LogP contribution is 2.30. The van der Waals surface area contributed by atoms with Gasteiger partial charge in [-0.2, -0.15) is 0 Å². The van der Waals surface area contributed by atoms with Crippen molar-refractivity contribution in [3.63, 3.8) is 0 Å². The summed E-state index contributed by atoms with van der Waals surface area (Å²) >= 11 is 0. The standard InChI is InChI=1S/C15H23N5O/c1-5-11(6-2)10(3)20-15(17-18-19-20)12-7-8-14(21-4)13(16)9-12/h7-11H,5-6,16H2,1-4H3. The summed E-state index contributed by atoms with van der Waals surface area (Å²) in [7, 11) is 1.60. The summed E-state index contributed by atoms with van der Waals surface area (Å²) in [4.78, 5) is 0. The van der Waals surface area contributed by atoms with Crippen molar-refractivity contribution in [2.75, 3.05) is 12.8 Å². The molecule has 1 heterocycles. The lowest BCUT2D eigenvalue weighted by atomic mass is 9.95. The van der Waals surface area contributed by atoms with E-state index < -0.39 is 0 Å². The molecule has 1 atom stereocenters. The van der Waals surface area contributed by atoms with Crippen LogP contribution < -0.4 is 10.5 Å². The lowest BCUT2D eigenvalue weighted by Crippen LogP contribution is -2.18. The molecule has 0 saturated carbocycles. The molecular weight excluding hydrogens is 266 g/mol. The van der Waals surface area contributed by atoms with Crippen LogP contribution in [0.3, 0.4) is 0 Å². The number of hydrogen-bond donors (Lipinski definition) is 1. The topological polar surface area (TPSA) is 78.8 Å². The zero-order valence-corrected chi connectivity index (χ0v) is 13.1. The van der Waals surface area contributed by atoms with Gasteiger partial charge in [-0.05, 0) is 41.5 Å². The summed E-state index contributed by atoms with van der Waals surface area (Å²) in [5.41, 5.74) is 7.46. The minimum Gasteiger partial charge on any atom is -0.495 e. The van der Waals surface area contributed by atoms with E-state index in [0.717, 1.165) is 24.2 Å². The lowest BCUT2D eigenvalue weighted by molar-refractivity contribution is 0.309. The van der Waals surface area contributed by atoms with Gasteiger partial charge in [0.15, 0.2) is 5.82 Å². The van der Waals surface area contributed by atoms with Crippen LogP contribution in [-0.2, 0) is 0 Å². The first-order chi connectivity index (χ1) is 10.1. The predicted octanol–water partition coefficient (Wildman–Crippen LogP) is 2.93. The fourth-order valence-corrected chi connectivity index (χ4v) is 2.70. The highest BCUT2D eigenvalue weighted by atomic mass is 16.5. The highest BCUT2D eigenvalue weighted by Gasteiger charge is 2.21. The summed E-state index contributed by atoms with van der Waals surface area (Å²) in [5.74, 6) is 1.94. The van der Waals surface area contributed by atoms with Gasteiger partial charge in [-0.3, -0.25) is 0 Å². The summed E-state index contributed by atoms with van der Waals surface area (Å²) in [6.07, 6.45) is 2.20. The minimum atomic E-state index is 0.244. The van der Waals surface area contributed by atoms with Crippen molar-refractivity contribution in [1.82, 2.24) is 20.2 Å². The van der Waals surface area contributed by atoms with E-state index in [1.165, 1.54) is 0 Å². The number of nitrogen functional groups attached to an aromatic ring is 1. The molecule has 21 heavy (non-hydrogen) atoms. The Morgan fingerprint density at radius 3 is 2.57 bits per heavy atom. The zero-order chi connectivity index (χ0) is 15.4. The van der Waals surface area contributed by atoms with E-state index in [1.54, 1.807) is 7.11 Å². The van der Waals surface area contributed by atoms with Gasteiger partial charge >= 0.3 is 0 Å². The van der Waals surface area contributed by atoms with Crippen LogP contribution in [0.4, 0.5) is 5.69 Å². The third-order valence-corrected chi connectivity index (χ3v) is 4.10. The molecule has 0 aliphatic heterocycles. The van der Waals surface area contributed by atoms with Crippen molar-refractivity contribution in [3.05, 3.63) is 18.2 Å². The molecule has 1 aromatic carbocycles. The van der Waals surface area contributed by atoms with Gasteiger partial charge in [0.1, 0.15) is 5.75 Å². The van der Waals surface area contributed by atoms with Crippen molar-refractivity contribution >= 4 is 5.69 Å². The van der Waals surface area contributed by atoms with E-state index in [4.69, 9.17) is 10.5 Å². The average Bonchev–Trinajstić information content (AvgIpc) is 2.97. The van der Waals surface area contributed by atoms with E-state index >= 15 is 0 Å². The van der Waals surface area contributed by atoms with Crippen LogP contribution in [0.25, 0.3) is 11.4 Å². The summed E-state index contributed by atoms with van der Waals surface area (Å²) in [6, 6.07) is 5.86. The quantitative estimate of drug-likeness (QED) is 0.827. The molecule has 114 valence electrons. The molecular formula is C15H23N5O. The molecule has 0 saturated heterocycles. The number of rotatable bonds is 6. The Morgan fingerprint density at radius 2 is 2.00 bits per heavy atom. The van der Waals surface area contributed by atoms with Crippen LogP contribution >= 0.6 is 0 Å². The normalized spacial score (nSPS) is 12.6. The lowest BCUT2D eigenvalue weighted by Gasteiger charge is -2.22. The number of aromatic nitrogens is 4. The van der Waals surface area contributed by atoms with Crippen molar-refractivity contribution in [1.29, 1.82) is 0 Å². The van der Waals surface area contributed by atoms with Crippen LogP contribution in [0.5, 0.6) is 5.75 Å². The number of nitrogens with two attached hydrogens (primary N) is 1. The second-order valence-corrected chi connectivity index (χ2v) is 5.22. The average molecular weight is 289 g/mol. The van der Waals surface area contributed by atoms with Gasteiger partial charge in [0.2, 0.25) is 0 Å². The van der Waals surface area contributed by atoms with Gasteiger partial charge < -0.3 is 10.5 Å². The van der Waals surface area contributed by atoms with Crippen molar-refractivity contribution in [2.45, 2.75) is 39.7 Å². The van der Waals surface area contributed by atoms with Gasteiger partial charge in [0.25, 0.3) is 0 Å². The predicted molar refractivity (Wildman–Crippen MR) is 83.0 cm³/mol. The van der Waals surface area contributed by atoms with E-state index in [1.807, 2.05) is 22.9 Å². The number of ether oxygens (including phenoxy) is 1. The Balaban J connectivity index is 2.38. The van der Waals surface area contributed by atoms with Crippen LogP contribution in [0.15, 0.2) is 18.2 Å². The summed E-state index contributed by atoms with van der Waals surface area (Å²) < 4.78 is 7.07. The van der Waals surface area contributed by atoms with Gasteiger partial charge in [0, 0.05) is 5.56 Å². The maximum atomic E-state index is 5.97. The Bertz CT molecular complexity index is 591. The van der Waals surface area contributed by atoms with E-state index in [9.17, 15) is 0 Å². The molecule has 1 unspecified atom stereocenters. The van der Waals surface area contributed by atoms with Gasteiger partial charge in [-0.25, -0.2) is 4.68 Å². The second kappa shape index (κ2) is 6.56. The highest BCUT2D eigenvalue weighted by molar-refractivity contribution is 5.66.